The van der Waals surface area contributed by atoms with Crippen molar-refractivity contribution in [3.8, 4) is 5.75 Å². The molecule has 0 saturated heterocycles. The number of aryl methyl sites for hydroxylation is 1. The molecular weight excluding hydrogens is 823 g/mol. The van der Waals surface area contributed by atoms with Crippen molar-refractivity contribution in [1.82, 2.24) is 0 Å². The van der Waals surface area contributed by atoms with E-state index in [1.165, 1.54) is 61.7 Å². The molecule has 6 rings (SSSR count). The molecule has 0 heterocycles. The normalized spacial score (nSPS) is 13.4. The molecule has 0 radical (unpaired) electrons. The first-order chi connectivity index (χ1) is 26.9. The minimum atomic E-state index is -5.17. The number of anilines is 3. The number of nitrogens with one attached hydrogen (secondary N) is 2. The van der Waals surface area contributed by atoms with E-state index in [0.717, 1.165) is 30.3 Å². The molecule has 0 bridgehead atoms. The van der Waals surface area contributed by atoms with E-state index >= 15 is 0 Å². The summed E-state index contributed by atoms with van der Waals surface area (Å²) in [6.45, 7) is 1.70. The minimum absolute atomic E-state index is 0. The molecule has 24 heteroatoms. The largest absolute Gasteiger partial charge is 1.00 e. The van der Waals surface area contributed by atoms with Gasteiger partial charge in [0.2, 0.25) is 5.78 Å². The van der Waals surface area contributed by atoms with E-state index in [0.29, 0.717) is 28.3 Å². The number of methoxy groups -OCH3 is 1. The molecule has 0 amide bonds. The molecule has 1 aliphatic carbocycles. The van der Waals surface area contributed by atoms with Gasteiger partial charge in [-0.15, -0.1) is 5.11 Å². The Labute approximate surface area is 380 Å². The molecule has 18 nitrogen and oxygen atoms in total. The van der Waals surface area contributed by atoms with E-state index in [2.05, 4.69) is 36.3 Å². The summed E-state index contributed by atoms with van der Waals surface area (Å²) in [5.74, 6) is -0.609. The van der Waals surface area contributed by atoms with E-state index in [-0.39, 0.29) is 90.5 Å². The van der Waals surface area contributed by atoms with Crippen LogP contribution in [0, 0.1) is 6.92 Å². The quantitative estimate of drug-likeness (QED) is 0.0593. The van der Waals surface area contributed by atoms with E-state index in [1.54, 1.807) is 31.2 Å². The topological polar surface area (TPSA) is 284 Å². The minimum Gasteiger partial charge on any atom is -0.744 e. The second-order valence-corrected chi connectivity index (χ2v) is 16.1. The molecular formula is C36H26Li3N7O11S3. The molecule has 0 fully saturated rings. The van der Waals surface area contributed by atoms with E-state index in [1.807, 2.05) is 0 Å². The van der Waals surface area contributed by atoms with Crippen LogP contribution >= 0.6 is 0 Å². The van der Waals surface area contributed by atoms with Gasteiger partial charge >= 0.3 is 56.6 Å². The smallest absolute Gasteiger partial charge is 0.744 e. The zero-order valence-corrected chi connectivity index (χ0v) is 34.8. The fraction of sp³-hybridized carbons (Fsp3) is 0.0556. The van der Waals surface area contributed by atoms with Crippen LogP contribution < -0.4 is 72.1 Å². The number of hydrogen-bond donors (Lipinski definition) is 2. The standard InChI is InChI=1S/C36H29N7O11S3.3Li/c1-21-15-26(11-13-31(21)41-42-32-14-12-27(20-33(32)54-2)39-38-25-6-4-8-29(18-25)56(48,49)50)40-43-35-34(57(51,52)53)16-22-9-10-24(19-30(22)36(35)44)37-23-5-3-7-28(17-23)55(45,46)47;;;/h3-20,37,40H,1-2H3,(H,45,46,47)(H,48,49,50)(H,51,52,53);;;/q;3*+1/p-3/b39-38?,42-41?,43-35-;;;. The maximum Gasteiger partial charge on any atom is 1.00 e. The summed E-state index contributed by atoms with van der Waals surface area (Å²) in [5, 5.41) is 23.4. The Kier molecular flexibility index (Phi) is 16.8. The van der Waals surface area contributed by atoms with Gasteiger partial charge in [-0.2, -0.15) is 20.4 Å². The number of allylic oxidation sites excluding steroid dienone is 1. The first kappa shape index (κ1) is 49.7. The number of hydrogen-bond acceptors (Lipinski definition) is 18. The molecule has 0 spiro atoms. The molecule has 0 aromatic heterocycles. The number of carbonyl (C=O) groups is 1. The SMILES string of the molecule is COc1cc(N=Nc2cccc(S(=O)(=O)[O-])c2)ccc1N=Nc1ccc(N/N=C2\C(=O)c3cc(Nc4cccc(S(=O)(=O)[O-])c4)ccc3C=C2S(=O)(=O)[O-])cc1C.[Li+].[Li+].[Li+]. The van der Waals surface area contributed by atoms with Crippen molar-refractivity contribution >= 4 is 87.7 Å². The Bertz CT molecular complexity index is 2930. The molecule has 5 aromatic carbocycles. The number of ether oxygens (including phenoxy) is 1. The Hall–Kier alpha value is -4.70. The average Bonchev–Trinajstić information content (AvgIpc) is 3.16. The van der Waals surface area contributed by atoms with Crippen LogP contribution in [0.2, 0.25) is 0 Å². The Balaban J connectivity index is 0.00000320. The van der Waals surface area contributed by atoms with Gasteiger partial charge in [0.25, 0.3) is 0 Å². The van der Waals surface area contributed by atoms with Gasteiger partial charge in [0.15, 0.2) is 0 Å². The van der Waals surface area contributed by atoms with Crippen LogP contribution in [0.3, 0.4) is 0 Å². The third-order valence-electron chi connectivity index (χ3n) is 8.02. The summed E-state index contributed by atoms with van der Waals surface area (Å²) in [4.78, 5) is 11.8. The molecule has 0 aliphatic heterocycles. The van der Waals surface area contributed by atoms with Crippen LogP contribution in [-0.4, -0.2) is 57.5 Å². The molecule has 0 atom stereocenters. The van der Waals surface area contributed by atoms with Gasteiger partial charge in [-0.1, -0.05) is 18.2 Å². The molecule has 1 aliphatic rings. The van der Waals surface area contributed by atoms with Crippen molar-refractivity contribution in [2.24, 2.45) is 25.6 Å². The van der Waals surface area contributed by atoms with Crippen molar-refractivity contribution in [1.29, 1.82) is 0 Å². The number of benzene rings is 5. The second kappa shape index (κ2) is 20.2. The summed E-state index contributed by atoms with van der Waals surface area (Å²) < 4.78 is 110. The van der Waals surface area contributed by atoms with Crippen LogP contribution in [0.4, 0.5) is 39.8 Å². The van der Waals surface area contributed by atoms with Gasteiger partial charge in [-0.05, 0) is 103 Å². The maximum absolute atomic E-state index is 13.6. The van der Waals surface area contributed by atoms with Crippen molar-refractivity contribution in [2.45, 2.75) is 16.7 Å². The van der Waals surface area contributed by atoms with Gasteiger partial charge in [0, 0.05) is 23.0 Å². The zero-order chi connectivity index (χ0) is 41.1. The zero-order valence-electron chi connectivity index (χ0n) is 32.3. The van der Waals surface area contributed by atoms with Crippen LogP contribution in [0.5, 0.6) is 5.75 Å². The first-order valence-electron chi connectivity index (χ1n) is 16.1. The fourth-order valence-corrected chi connectivity index (χ4v) is 6.96. The van der Waals surface area contributed by atoms with Crippen LogP contribution in [0.25, 0.3) is 6.08 Å². The van der Waals surface area contributed by atoms with Gasteiger partial charge in [-0.25, -0.2) is 25.3 Å². The molecule has 60 heavy (non-hydrogen) atoms. The average molecular weight is 850 g/mol. The Morgan fingerprint density at radius 2 is 1.18 bits per heavy atom. The fourth-order valence-electron chi connectivity index (χ4n) is 5.29. The summed E-state index contributed by atoms with van der Waals surface area (Å²) in [6, 6.07) is 23.7. The van der Waals surface area contributed by atoms with E-state index in [4.69, 9.17) is 4.74 Å². The van der Waals surface area contributed by atoms with Gasteiger partial charge in [0.1, 0.15) is 47.5 Å². The molecule has 0 unspecified atom stereocenters. The monoisotopic (exact) mass is 849 g/mol. The summed E-state index contributed by atoms with van der Waals surface area (Å²) in [7, 11) is -13.2. The number of Topliss-reactive ketones (excluding diaryl/α,β-unsaturated/α-hetero) is 1. The molecule has 0 saturated carbocycles. The summed E-state index contributed by atoms with van der Waals surface area (Å²) in [6.07, 6.45) is 1.02. The number of fused-ring (bicyclic) bond motifs is 1. The van der Waals surface area contributed by atoms with Gasteiger partial charge < -0.3 is 23.7 Å². The third-order valence-corrected chi connectivity index (χ3v) is 10.5. The van der Waals surface area contributed by atoms with E-state index in [9.17, 15) is 43.7 Å². The number of rotatable bonds is 12. The van der Waals surface area contributed by atoms with Crippen molar-refractivity contribution in [2.75, 3.05) is 17.9 Å². The van der Waals surface area contributed by atoms with Crippen molar-refractivity contribution < 1.29 is 105 Å². The molecule has 292 valence electrons. The summed E-state index contributed by atoms with van der Waals surface area (Å²) >= 11 is 0. The number of carbonyl (C=O) groups excluding carboxylic acids is 1. The predicted molar refractivity (Wildman–Crippen MR) is 204 cm³/mol. The molecule has 2 N–H and O–H groups in total. The Morgan fingerprint density at radius 1 is 0.600 bits per heavy atom. The number of azo groups is 2. The maximum atomic E-state index is 13.6. The molecule has 5 aromatic rings. The van der Waals surface area contributed by atoms with Crippen LogP contribution in [0.15, 0.2) is 143 Å². The first-order valence-corrected chi connectivity index (χ1v) is 20.3. The number of nitrogens with zero attached hydrogens (tertiary/aromatic N) is 5. The van der Waals surface area contributed by atoms with Gasteiger partial charge in [-0.3, -0.25) is 10.2 Å². The van der Waals surface area contributed by atoms with Crippen LogP contribution in [-0.2, 0) is 30.4 Å². The van der Waals surface area contributed by atoms with Crippen molar-refractivity contribution in [3.05, 3.63) is 125 Å². The van der Waals surface area contributed by atoms with Crippen molar-refractivity contribution in [3.63, 3.8) is 0 Å². The predicted octanol–water partition coefficient (Wildman–Crippen LogP) is -2.05. The Morgan fingerprint density at radius 3 is 1.82 bits per heavy atom. The van der Waals surface area contributed by atoms with E-state index < -0.39 is 56.5 Å². The number of ketones is 1. The number of hydrazone groups is 1. The van der Waals surface area contributed by atoms with Gasteiger partial charge in [0.05, 0.1) is 44.6 Å². The summed E-state index contributed by atoms with van der Waals surface area (Å²) in [5.41, 5.74) is 4.65. The second-order valence-electron chi connectivity index (χ2n) is 12.0. The van der Waals surface area contributed by atoms with Crippen LogP contribution in [0.1, 0.15) is 21.5 Å². The third kappa shape index (κ3) is 12.2.